The summed E-state index contributed by atoms with van der Waals surface area (Å²) < 4.78 is 24.5. The molecule has 0 unspecified atom stereocenters. The van der Waals surface area contributed by atoms with Crippen molar-refractivity contribution in [2.75, 3.05) is 14.2 Å². The maximum atomic E-state index is 13.5. The SMILES string of the molecule is CN/N=C/c1ccc(OCc2ccccc2F)c(OC)c1. The minimum atomic E-state index is -0.283. The zero-order chi connectivity index (χ0) is 15.1. The lowest BCUT2D eigenvalue weighted by Crippen LogP contribution is -2.01. The fourth-order valence-electron chi connectivity index (χ4n) is 1.79. The minimum Gasteiger partial charge on any atom is -0.493 e. The van der Waals surface area contributed by atoms with E-state index in [-0.39, 0.29) is 12.4 Å². The predicted molar refractivity (Wildman–Crippen MR) is 80.4 cm³/mol. The second-order valence-corrected chi connectivity index (χ2v) is 4.27. The van der Waals surface area contributed by atoms with E-state index >= 15 is 0 Å². The van der Waals surface area contributed by atoms with Gasteiger partial charge in [0.15, 0.2) is 11.5 Å². The molecule has 21 heavy (non-hydrogen) atoms. The molecule has 0 spiro atoms. The van der Waals surface area contributed by atoms with Crippen molar-refractivity contribution in [3.05, 3.63) is 59.4 Å². The van der Waals surface area contributed by atoms with E-state index in [1.165, 1.54) is 6.07 Å². The van der Waals surface area contributed by atoms with E-state index in [0.29, 0.717) is 17.1 Å². The van der Waals surface area contributed by atoms with Crippen LogP contribution in [0.1, 0.15) is 11.1 Å². The molecule has 0 bridgehead atoms. The van der Waals surface area contributed by atoms with Crippen molar-refractivity contribution in [2.45, 2.75) is 6.61 Å². The molecule has 0 fully saturated rings. The Kier molecular flexibility index (Phi) is 5.15. The van der Waals surface area contributed by atoms with Gasteiger partial charge in [-0.25, -0.2) is 4.39 Å². The van der Waals surface area contributed by atoms with Gasteiger partial charge in [-0.1, -0.05) is 18.2 Å². The third-order valence-electron chi connectivity index (χ3n) is 2.87. The first-order valence-corrected chi connectivity index (χ1v) is 6.48. The van der Waals surface area contributed by atoms with Gasteiger partial charge in [0.1, 0.15) is 12.4 Å². The zero-order valence-electron chi connectivity index (χ0n) is 12.0. The van der Waals surface area contributed by atoms with Gasteiger partial charge in [0.25, 0.3) is 0 Å². The monoisotopic (exact) mass is 288 g/mol. The molecule has 4 nitrogen and oxygen atoms in total. The van der Waals surface area contributed by atoms with E-state index in [0.717, 1.165) is 5.56 Å². The van der Waals surface area contributed by atoms with Gasteiger partial charge in [-0.2, -0.15) is 5.10 Å². The van der Waals surface area contributed by atoms with Crippen LogP contribution in [0.5, 0.6) is 11.5 Å². The van der Waals surface area contributed by atoms with E-state index < -0.39 is 0 Å². The van der Waals surface area contributed by atoms with Gasteiger partial charge in [0.2, 0.25) is 0 Å². The van der Waals surface area contributed by atoms with Gasteiger partial charge in [-0.3, -0.25) is 0 Å². The van der Waals surface area contributed by atoms with Gasteiger partial charge in [-0.05, 0) is 29.8 Å². The number of hydrogen-bond donors (Lipinski definition) is 1. The molecule has 0 radical (unpaired) electrons. The van der Waals surface area contributed by atoms with Gasteiger partial charge in [0, 0.05) is 12.6 Å². The lowest BCUT2D eigenvalue weighted by Gasteiger charge is -2.11. The van der Waals surface area contributed by atoms with Gasteiger partial charge in [-0.15, -0.1) is 0 Å². The Morgan fingerprint density at radius 2 is 2.00 bits per heavy atom. The maximum absolute atomic E-state index is 13.5. The zero-order valence-corrected chi connectivity index (χ0v) is 12.0. The molecule has 0 heterocycles. The molecule has 0 aliphatic rings. The number of hydrazone groups is 1. The summed E-state index contributed by atoms with van der Waals surface area (Å²) in [6.07, 6.45) is 1.67. The molecule has 5 heteroatoms. The molecular formula is C16H17FN2O2. The first kappa shape index (κ1) is 14.8. The first-order valence-electron chi connectivity index (χ1n) is 6.48. The number of rotatable bonds is 6. The topological polar surface area (TPSA) is 42.9 Å². The predicted octanol–water partition coefficient (Wildman–Crippen LogP) is 2.97. The summed E-state index contributed by atoms with van der Waals surface area (Å²) in [7, 11) is 3.28. The van der Waals surface area contributed by atoms with Crippen LogP contribution >= 0.6 is 0 Å². The molecular weight excluding hydrogens is 271 g/mol. The van der Waals surface area contributed by atoms with E-state index in [1.54, 1.807) is 50.7 Å². The fourth-order valence-corrected chi connectivity index (χ4v) is 1.79. The average molecular weight is 288 g/mol. The number of ether oxygens (including phenoxy) is 2. The standard InChI is InChI=1S/C16H17FN2O2/c1-18-19-10-12-7-8-15(16(9-12)20-2)21-11-13-5-3-4-6-14(13)17/h3-10,18H,11H2,1-2H3/b19-10+. The van der Waals surface area contributed by atoms with Crippen LogP contribution in [0.2, 0.25) is 0 Å². The van der Waals surface area contributed by atoms with Crippen molar-refractivity contribution >= 4 is 6.21 Å². The van der Waals surface area contributed by atoms with E-state index in [9.17, 15) is 4.39 Å². The van der Waals surface area contributed by atoms with Crippen molar-refractivity contribution in [1.82, 2.24) is 5.43 Å². The second kappa shape index (κ2) is 7.28. The van der Waals surface area contributed by atoms with Crippen molar-refractivity contribution in [3.8, 4) is 11.5 Å². The number of halogens is 1. The highest BCUT2D eigenvalue weighted by atomic mass is 19.1. The van der Waals surface area contributed by atoms with Crippen molar-refractivity contribution in [1.29, 1.82) is 0 Å². The van der Waals surface area contributed by atoms with Crippen LogP contribution in [-0.2, 0) is 6.61 Å². The molecule has 110 valence electrons. The molecule has 0 aromatic heterocycles. The Balaban J connectivity index is 2.13. The number of hydrogen-bond acceptors (Lipinski definition) is 4. The summed E-state index contributed by atoms with van der Waals surface area (Å²) in [5.74, 6) is 0.850. The third kappa shape index (κ3) is 3.95. The van der Waals surface area contributed by atoms with Crippen molar-refractivity contribution in [3.63, 3.8) is 0 Å². The number of nitrogens with one attached hydrogen (secondary N) is 1. The summed E-state index contributed by atoms with van der Waals surface area (Å²) in [6, 6.07) is 11.9. The average Bonchev–Trinajstić information content (AvgIpc) is 2.52. The Bertz CT molecular complexity index is 629. The molecule has 0 saturated carbocycles. The maximum Gasteiger partial charge on any atom is 0.161 e. The molecule has 0 aliphatic carbocycles. The molecule has 1 N–H and O–H groups in total. The van der Waals surface area contributed by atoms with Crippen LogP contribution in [0, 0.1) is 5.82 Å². The van der Waals surface area contributed by atoms with Crippen LogP contribution in [0.25, 0.3) is 0 Å². The highest BCUT2D eigenvalue weighted by Gasteiger charge is 2.07. The largest absolute Gasteiger partial charge is 0.493 e. The van der Waals surface area contributed by atoms with Gasteiger partial charge >= 0.3 is 0 Å². The van der Waals surface area contributed by atoms with Crippen molar-refractivity contribution < 1.29 is 13.9 Å². The molecule has 0 saturated heterocycles. The Morgan fingerprint density at radius 3 is 2.71 bits per heavy atom. The molecule has 2 aromatic carbocycles. The Labute approximate surface area is 123 Å². The molecule has 0 atom stereocenters. The number of methoxy groups -OCH3 is 1. The molecule has 2 rings (SSSR count). The molecule has 0 amide bonds. The molecule has 2 aromatic rings. The normalized spacial score (nSPS) is 10.6. The summed E-state index contributed by atoms with van der Waals surface area (Å²) in [4.78, 5) is 0. The van der Waals surface area contributed by atoms with Gasteiger partial charge in [0.05, 0.1) is 13.3 Å². The first-order chi connectivity index (χ1) is 10.2. The summed E-state index contributed by atoms with van der Waals surface area (Å²) in [5, 5.41) is 3.93. The summed E-state index contributed by atoms with van der Waals surface area (Å²) in [5.41, 5.74) is 4.05. The fraction of sp³-hybridized carbons (Fsp3) is 0.188. The Morgan fingerprint density at radius 1 is 1.19 bits per heavy atom. The quantitative estimate of drug-likeness (QED) is 0.656. The summed E-state index contributed by atoms with van der Waals surface area (Å²) in [6.45, 7) is 0.146. The lowest BCUT2D eigenvalue weighted by molar-refractivity contribution is 0.279. The molecule has 0 aliphatic heterocycles. The summed E-state index contributed by atoms with van der Waals surface area (Å²) >= 11 is 0. The van der Waals surface area contributed by atoms with Crippen molar-refractivity contribution in [2.24, 2.45) is 5.10 Å². The van der Waals surface area contributed by atoms with E-state index in [4.69, 9.17) is 9.47 Å². The van der Waals surface area contributed by atoms with Crippen LogP contribution in [0.15, 0.2) is 47.6 Å². The van der Waals surface area contributed by atoms with Crippen LogP contribution in [0.4, 0.5) is 4.39 Å². The second-order valence-electron chi connectivity index (χ2n) is 4.27. The lowest BCUT2D eigenvalue weighted by atomic mass is 10.2. The highest BCUT2D eigenvalue weighted by molar-refractivity contribution is 5.80. The number of nitrogens with zero attached hydrogens (tertiary/aromatic N) is 1. The smallest absolute Gasteiger partial charge is 0.161 e. The van der Waals surface area contributed by atoms with Crippen LogP contribution in [0.3, 0.4) is 0 Å². The van der Waals surface area contributed by atoms with Crippen LogP contribution in [-0.4, -0.2) is 20.4 Å². The van der Waals surface area contributed by atoms with E-state index in [1.807, 2.05) is 6.07 Å². The number of benzene rings is 2. The van der Waals surface area contributed by atoms with Crippen LogP contribution < -0.4 is 14.9 Å². The Hall–Kier alpha value is -2.56. The minimum absolute atomic E-state index is 0.146. The van der Waals surface area contributed by atoms with Gasteiger partial charge < -0.3 is 14.9 Å². The highest BCUT2D eigenvalue weighted by Crippen LogP contribution is 2.28. The van der Waals surface area contributed by atoms with E-state index in [2.05, 4.69) is 10.5 Å². The third-order valence-corrected chi connectivity index (χ3v) is 2.87.